The van der Waals surface area contributed by atoms with Crippen LogP contribution >= 0.6 is 0 Å². The second-order valence-corrected chi connectivity index (χ2v) is 4.29. The summed E-state index contributed by atoms with van der Waals surface area (Å²) < 4.78 is 1.51. The maximum atomic E-state index is 12.0. The van der Waals surface area contributed by atoms with E-state index in [1.807, 2.05) is 0 Å². The molecule has 9 nitrogen and oxygen atoms in total. The lowest BCUT2D eigenvalue weighted by molar-refractivity contribution is 0.0951. The summed E-state index contributed by atoms with van der Waals surface area (Å²) in [7, 11) is 0. The molecule has 0 saturated heterocycles. The van der Waals surface area contributed by atoms with Crippen molar-refractivity contribution in [2.24, 2.45) is 0 Å². The number of hydrogen-bond acceptors (Lipinski definition) is 6. The molecule has 0 fully saturated rings. The fraction of sp³-hybridized carbons (Fsp3) is 0.0833. The van der Waals surface area contributed by atoms with Gasteiger partial charge in [0.1, 0.15) is 12.1 Å². The molecule has 0 aliphatic heterocycles. The van der Waals surface area contributed by atoms with Crippen molar-refractivity contribution < 1.29 is 4.79 Å². The van der Waals surface area contributed by atoms with E-state index in [0.29, 0.717) is 17.9 Å². The second kappa shape index (κ2) is 5.41. The van der Waals surface area contributed by atoms with E-state index < -0.39 is 0 Å². The van der Waals surface area contributed by atoms with Crippen LogP contribution in [0.2, 0.25) is 0 Å². The van der Waals surface area contributed by atoms with E-state index in [2.05, 4.69) is 31.0 Å². The summed E-state index contributed by atoms with van der Waals surface area (Å²) >= 11 is 0. The lowest BCUT2D eigenvalue weighted by Crippen LogP contribution is -2.23. The van der Waals surface area contributed by atoms with Gasteiger partial charge in [-0.15, -0.1) is 5.10 Å². The number of H-pyrrole nitrogens is 1. The van der Waals surface area contributed by atoms with Crippen LogP contribution in [0.15, 0.2) is 36.8 Å². The molecule has 4 N–H and O–H groups in total. The summed E-state index contributed by atoms with van der Waals surface area (Å²) in [5.41, 5.74) is 7.70. The average Bonchev–Trinajstić information content (AvgIpc) is 3.17. The first-order valence-electron chi connectivity index (χ1n) is 6.13. The third-order valence-electron chi connectivity index (χ3n) is 2.93. The molecule has 0 aliphatic rings. The number of nitrogens with zero attached hydrogens (tertiary/aromatic N) is 5. The molecule has 21 heavy (non-hydrogen) atoms. The molecule has 0 aliphatic carbocycles. The normalized spacial score (nSPS) is 10.5. The van der Waals surface area contributed by atoms with E-state index in [1.165, 1.54) is 11.0 Å². The van der Waals surface area contributed by atoms with Crippen LogP contribution in [0, 0.1) is 0 Å². The van der Waals surface area contributed by atoms with Gasteiger partial charge in [0.15, 0.2) is 0 Å². The predicted octanol–water partition coefficient (Wildman–Crippen LogP) is -0.102. The molecule has 106 valence electrons. The largest absolute Gasteiger partial charge is 0.384 e. The first kappa shape index (κ1) is 12.8. The Bertz CT molecular complexity index is 731. The van der Waals surface area contributed by atoms with Crippen molar-refractivity contribution in [3.63, 3.8) is 0 Å². The van der Waals surface area contributed by atoms with Crippen molar-refractivity contribution >= 4 is 11.7 Å². The Balaban J connectivity index is 1.66. The summed E-state index contributed by atoms with van der Waals surface area (Å²) in [6.07, 6.45) is 3.06. The van der Waals surface area contributed by atoms with Crippen LogP contribution in [0.3, 0.4) is 0 Å². The first-order chi connectivity index (χ1) is 10.2. The van der Waals surface area contributed by atoms with Gasteiger partial charge in [-0.25, -0.2) is 4.68 Å². The topological polar surface area (TPSA) is 127 Å². The second-order valence-electron chi connectivity index (χ2n) is 4.29. The standard InChI is InChI=1S/C12H12N8O/c13-11-9(6-15-17-11)5-14-12(21)8-1-3-10(4-2-8)20-7-16-18-19-20/h1-4,6-7H,5H2,(H,14,21)(H3,13,15,17). The number of nitrogens with two attached hydrogens (primary N) is 1. The number of rotatable bonds is 4. The highest BCUT2D eigenvalue weighted by Crippen LogP contribution is 2.09. The number of benzene rings is 1. The van der Waals surface area contributed by atoms with Crippen molar-refractivity contribution in [1.82, 2.24) is 35.7 Å². The Morgan fingerprint density at radius 1 is 1.33 bits per heavy atom. The Labute approximate surface area is 119 Å². The number of aromatic nitrogens is 6. The zero-order valence-corrected chi connectivity index (χ0v) is 10.9. The zero-order valence-electron chi connectivity index (χ0n) is 10.9. The lowest BCUT2D eigenvalue weighted by Gasteiger charge is -2.05. The number of hydrogen-bond donors (Lipinski definition) is 3. The smallest absolute Gasteiger partial charge is 0.251 e. The summed E-state index contributed by atoms with van der Waals surface area (Å²) in [5, 5.41) is 20.1. The van der Waals surface area contributed by atoms with E-state index in [1.54, 1.807) is 30.5 Å². The van der Waals surface area contributed by atoms with Gasteiger partial charge < -0.3 is 11.1 Å². The first-order valence-corrected chi connectivity index (χ1v) is 6.13. The third-order valence-corrected chi connectivity index (χ3v) is 2.93. The molecule has 9 heteroatoms. The van der Waals surface area contributed by atoms with E-state index in [0.717, 1.165) is 11.3 Å². The number of amides is 1. The van der Waals surface area contributed by atoms with Crippen LogP contribution in [-0.4, -0.2) is 36.3 Å². The number of aromatic amines is 1. The van der Waals surface area contributed by atoms with E-state index in [4.69, 9.17) is 5.73 Å². The Kier molecular flexibility index (Phi) is 3.29. The van der Waals surface area contributed by atoms with Gasteiger partial charge in [-0.1, -0.05) is 0 Å². The minimum absolute atomic E-state index is 0.195. The van der Waals surface area contributed by atoms with Crippen LogP contribution in [-0.2, 0) is 6.54 Å². The molecule has 0 spiro atoms. The molecule has 3 aromatic rings. The Morgan fingerprint density at radius 2 is 2.14 bits per heavy atom. The van der Waals surface area contributed by atoms with Crippen molar-refractivity contribution in [2.75, 3.05) is 5.73 Å². The molecule has 2 aromatic heterocycles. The van der Waals surface area contributed by atoms with Gasteiger partial charge in [0.25, 0.3) is 5.91 Å². The summed E-state index contributed by atoms with van der Waals surface area (Å²) in [5.74, 6) is 0.253. The molecule has 0 radical (unpaired) electrons. The van der Waals surface area contributed by atoms with Crippen molar-refractivity contribution in [3.8, 4) is 5.69 Å². The van der Waals surface area contributed by atoms with Crippen molar-refractivity contribution in [1.29, 1.82) is 0 Å². The summed E-state index contributed by atoms with van der Waals surface area (Å²) in [4.78, 5) is 12.0. The number of anilines is 1. The summed E-state index contributed by atoms with van der Waals surface area (Å²) in [6, 6.07) is 6.92. The van der Waals surface area contributed by atoms with Crippen molar-refractivity contribution in [2.45, 2.75) is 6.54 Å². The van der Waals surface area contributed by atoms with Crippen LogP contribution in [0.5, 0.6) is 0 Å². The predicted molar refractivity (Wildman–Crippen MR) is 73.3 cm³/mol. The quantitative estimate of drug-likeness (QED) is 0.613. The molecule has 0 saturated carbocycles. The molecule has 0 bridgehead atoms. The van der Waals surface area contributed by atoms with Gasteiger partial charge in [0, 0.05) is 17.7 Å². The molecular weight excluding hydrogens is 272 g/mol. The summed E-state index contributed by atoms with van der Waals surface area (Å²) in [6.45, 7) is 0.315. The maximum Gasteiger partial charge on any atom is 0.251 e. The van der Waals surface area contributed by atoms with Crippen LogP contribution < -0.4 is 11.1 Å². The minimum atomic E-state index is -0.195. The van der Waals surface area contributed by atoms with Gasteiger partial charge in [0.05, 0.1) is 11.9 Å². The number of carbonyl (C=O) groups is 1. The highest BCUT2D eigenvalue weighted by molar-refractivity contribution is 5.94. The molecule has 1 amide bonds. The third kappa shape index (κ3) is 2.71. The van der Waals surface area contributed by atoms with Crippen LogP contribution in [0.4, 0.5) is 5.82 Å². The van der Waals surface area contributed by atoms with E-state index >= 15 is 0 Å². The average molecular weight is 284 g/mol. The monoisotopic (exact) mass is 284 g/mol. The number of nitrogens with one attached hydrogen (secondary N) is 2. The SMILES string of the molecule is Nc1[nH]ncc1CNC(=O)c1ccc(-n2cnnn2)cc1. The van der Waals surface area contributed by atoms with Gasteiger partial charge >= 0.3 is 0 Å². The van der Waals surface area contributed by atoms with Crippen LogP contribution in [0.25, 0.3) is 5.69 Å². The van der Waals surface area contributed by atoms with Crippen LogP contribution in [0.1, 0.15) is 15.9 Å². The number of nitrogen functional groups attached to an aromatic ring is 1. The Hall–Kier alpha value is -3.23. The highest BCUT2D eigenvalue weighted by atomic mass is 16.1. The van der Waals surface area contributed by atoms with Gasteiger partial charge in [-0.05, 0) is 34.7 Å². The van der Waals surface area contributed by atoms with E-state index in [-0.39, 0.29) is 5.91 Å². The number of tetrazole rings is 1. The van der Waals surface area contributed by atoms with E-state index in [9.17, 15) is 4.79 Å². The molecule has 0 atom stereocenters. The maximum absolute atomic E-state index is 12.0. The number of carbonyl (C=O) groups excluding carboxylic acids is 1. The minimum Gasteiger partial charge on any atom is -0.384 e. The van der Waals surface area contributed by atoms with Crippen molar-refractivity contribution in [3.05, 3.63) is 47.9 Å². The fourth-order valence-corrected chi connectivity index (χ4v) is 1.78. The molecular formula is C12H12N8O. The zero-order chi connectivity index (χ0) is 14.7. The molecule has 3 rings (SSSR count). The fourth-order valence-electron chi connectivity index (χ4n) is 1.78. The van der Waals surface area contributed by atoms with Gasteiger partial charge in [0.2, 0.25) is 0 Å². The molecule has 2 heterocycles. The Morgan fingerprint density at radius 3 is 2.76 bits per heavy atom. The lowest BCUT2D eigenvalue weighted by atomic mass is 10.2. The van der Waals surface area contributed by atoms with Gasteiger partial charge in [-0.2, -0.15) is 5.10 Å². The van der Waals surface area contributed by atoms with Gasteiger partial charge in [-0.3, -0.25) is 9.89 Å². The molecule has 0 unspecified atom stereocenters. The molecule has 1 aromatic carbocycles. The highest BCUT2D eigenvalue weighted by Gasteiger charge is 2.08.